The van der Waals surface area contributed by atoms with E-state index in [4.69, 9.17) is 0 Å². The zero-order valence-corrected chi connectivity index (χ0v) is 16.9. The first-order valence-corrected chi connectivity index (χ1v) is 11.0. The predicted octanol–water partition coefficient (Wildman–Crippen LogP) is 3.31. The Morgan fingerprint density at radius 2 is 1.90 bits per heavy atom. The van der Waals surface area contributed by atoms with Crippen LogP contribution in [0.25, 0.3) is 0 Å². The lowest BCUT2D eigenvalue weighted by Crippen LogP contribution is -2.27. The summed E-state index contributed by atoms with van der Waals surface area (Å²) in [6, 6.07) is 12.0. The number of carbonyl (C=O) groups is 1. The van der Waals surface area contributed by atoms with Crippen molar-refractivity contribution >= 4 is 27.5 Å². The second-order valence-electron chi connectivity index (χ2n) is 7.58. The Labute approximate surface area is 169 Å². The summed E-state index contributed by atoms with van der Waals surface area (Å²) in [5.74, 6) is -0.0226. The minimum absolute atomic E-state index is 0.0368. The van der Waals surface area contributed by atoms with Crippen molar-refractivity contribution in [3.63, 3.8) is 0 Å². The fraction of sp³-hybridized carbons (Fsp3) is 0.333. The van der Waals surface area contributed by atoms with Crippen molar-refractivity contribution in [2.75, 3.05) is 18.9 Å². The molecule has 0 aromatic heterocycles. The van der Waals surface area contributed by atoms with Crippen LogP contribution in [-0.2, 0) is 20.2 Å². The zero-order chi connectivity index (χ0) is 20.6. The number of likely N-dealkylation sites (tertiary alicyclic amines) is 1. The molecule has 0 bridgehead atoms. The van der Waals surface area contributed by atoms with E-state index in [9.17, 15) is 17.6 Å². The number of anilines is 1. The zero-order valence-electron chi connectivity index (χ0n) is 16.1. The number of sulfonamides is 1. The number of carbonyl (C=O) groups excluding carboxylic acids is 1. The lowest BCUT2D eigenvalue weighted by atomic mass is 9.95. The Bertz CT molecular complexity index is 1080. The number of amides is 1. The molecule has 1 saturated heterocycles. The summed E-state index contributed by atoms with van der Waals surface area (Å²) >= 11 is 0. The normalized spacial score (nSPS) is 19.4. The molecule has 1 amide bonds. The highest BCUT2D eigenvalue weighted by molar-refractivity contribution is 7.90. The summed E-state index contributed by atoms with van der Waals surface area (Å²) in [4.78, 5) is 14.7. The maximum absolute atomic E-state index is 13.2. The van der Waals surface area contributed by atoms with Crippen molar-refractivity contribution in [1.82, 2.24) is 4.90 Å². The molecule has 0 atom stereocenters. The van der Waals surface area contributed by atoms with Gasteiger partial charge in [-0.2, -0.15) is 8.42 Å². The first kappa shape index (κ1) is 19.6. The van der Waals surface area contributed by atoms with Gasteiger partial charge in [-0.25, -0.2) is 4.39 Å². The maximum Gasteiger partial charge on any atom is 0.284 e. The van der Waals surface area contributed by atoms with Crippen molar-refractivity contribution in [3.8, 4) is 0 Å². The van der Waals surface area contributed by atoms with Crippen LogP contribution in [-0.4, -0.2) is 38.7 Å². The van der Waals surface area contributed by atoms with Crippen LogP contribution in [0.5, 0.6) is 0 Å². The van der Waals surface area contributed by atoms with E-state index in [0.717, 1.165) is 18.5 Å². The molecule has 1 heterocycles. The van der Waals surface area contributed by atoms with Crippen LogP contribution in [0.1, 0.15) is 31.2 Å². The van der Waals surface area contributed by atoms with Crippen LogP contribution in [0, 0.1) is 5.82 Å². The van der Waals surface area contributed by atoms with Crippen molar-refractivity contribution < 1.29 is 17.6 Å². The van der Waals surface area contributed by atoms with Gasteiger partial charge in [-0.05, 0) is 55.2 Å². The molecule has 2 fully saturated rings. The average molecular weight is 415 g/mol. The predicted molar refractivity (Wildman–Crippen MR) is 109 cm³/mol. The van der Waals surface area contributed by atoms with Gasteiger partial charge in [0.25, 0.3) is 10.0 Å². The fourth-order valence-corrected chi connectivity index (χ4v) is 4.77. The van der Waals surface area contributed by atoms with E-state index in [1.54, 1.807) is 24.3 Å². The van der Waals surface area contributed by atoms with Crippen LogP contribution in [0.2, 0.25) is 0 Å². The molecule has 8 heteroatoms. The minimum Gasteiger partial charge on any atom is -0.362 e. The number of hydrogen-bond donors (Lipinski definition) is 1. The SMILES string of the molecule is CN1CCC/C1=N\S(=O)(=O)c1cccc(NC(=O)C2(c3ccc(F)cc3)CC2)c1. The van der Waals surface area contributed by atoms with Crippen LogP contribution >= 0.6 is 0 Å². The lowest BCUT2D eigenvalue weighted by Gasteiger charge is -2.16. The molecule has 2 aromatic rings. The van der Waals surface area contributed by atoms with E-state index < -0.39 is 15.4 Å². The maximum atomic E-state index is 13.2. The molecule has 4 rings (SSSR count). The van der Waals surface area contributed by atoms with Crippen LogP contribution in [0.4, 0.5) is 10.1 Å². The van der Waals surface area contributed by atoms with E-state index in [2.05, 4.69) is 9.71 Å². The number of benzene rings is 2. The molecule has 1 saturated carbocycles. The van der Waals surface area contributed by atoms with Crippen molar-refractivity contribution in [3.05, 3.63) is 59.9 Å². The van der Waals surface area contributed by atoms with Crippen LogP contribution in [0.15, 0.2) is 57.8 Å². The van der Waals surface area contributed by atoms with Crippen LogP contribution in [0.3, 0.4) is 0 Å². The van der Waals surface area contributed by atoms with Crippen molar-refractivity contribution in [2.45, 2.75) is 36.0 Å². The summed E-state index contributed by atoms with van der Waals surface area (Å²) in [6.07, 6.45) is 2.85. The molecule has 2 aromatic carbocycles. The highest BCUT2D eigenvalue weighted by Gasteiger charge is 2.51. The highest BCUT2D eigenvalue weighted by atomic mass is 32.2. The number of amidine groups is 1. The Morgan fingerprint density at radius 1 is 1.17 bits per heavy atom. The second-order valence-corrected chi connectivity index (χ2v) is 9.18. The van der Waals surface area contributed by atoms with Gasteiger partial charge in [-0.1, -0.05) is 18.2 Å². The van der Waals surface area contributed by atoms with Gasteiger partial charge in [-0.3, -0.25) is 4.79 Å². The monoisotopic (exact) mass is 415 g/mol. The quantitative estimate of drug-likeness (QED) is 0.813. The standard InChI is InChI=1S/C21H22FN3O3S/c1-25-13-3-6-19(25)24-29(27,28)18-5-2-4-17(14-18)23-20(26)21(11-12-21)15-7-9-16(22)10-8-15/h2,4-5,7-10,14H,3,6,11-13H2,1H3,(H,23,26)/b24-19+. The molecule has 1 aliphatic carbocycles. The molecule has 0 radical (unpaired) electrons. The Hall–Kier alpha value is -2.74. The largest absolute Gasteiger partial charge is 0.362 e. The van der Waals surface area contributed by atoms with Crippen molar-refractivity contribution in [1.29, 1.82) is 0 Å². The van der Waals surface area contributed by atoms with Crippen LogP contribution < -0.4 is 5.32 Å². The van der Waals surface area contributed by atoms with Gasteiger partial charge in [0.1, 0.15) is 11.7 Å². The summed E-state index contributed by atoms with van der Waals surface area (Å²) in [5, 5.41) is 2.82. The summed E-state index contributed by atoms with van der Waals surface area (Å²) in [7, 11) is -2.04. The molecule has 0 spiro atoms. The molecule has 152 valence electrons. The Balaban J connectivity index is 1.55. The highest BCUT2D eigenvalue weighted by Crippen LogP contribution is 2.49. The van der Waals surface area contributed by atoms with Gasteiger partial charge in [0.2, 0.25) is 5.91 Å². The molecule has 1 aliphatic heterocycles. The number of nitrogens with zero attached hydrogens (tertiary/aromatic N) is 2. The minimum atomic E-state index is -3.86. The second kappa shape index (κ2) is 7.26. The number of hydrogen-bond acceptors (Lipinski definition) is 3. The summed E-state index contributed by atoms with van der Waals surface area (Å²) in [6.45, 7) is 0.788. The topological polar surface area (TPSA) is 78.8 Å². The molecule has 6 nitrogen and oxygen atoms in total. The first-order chi connectivity index (χ1) is 13.8. The van der Waals surface area contributed by atoms with E-state index in [0.29, 0.717) is 30.8 Å². The third kappa shape index (κ3) is 3.89. The van der Waals surface area contributed by atoms with Gasteiger partial charge in [0.05, 0.1) is 10.3 Å². The van der Waals surface area contributed by atoms with E-state index in [-0.39, 0.29) is 16.6 Å². The van der Waals surface area contributed by atoms with Gasteiger partial charge >= 0.3 is 0 Å². The third-order valence-corrected chi connectivity index (χ3v) is 6.83. The van der Waals surface area contributed by atoms with Gasteiger partial charge < -0.3 is 10.2 Å². The molecule has 2 aliphatic rings. The average Bonchev–Trinajstić information content (AvgIpc) is 3.41. The molecule has 0 unspecified atom stereocenters. The number of rotatable bonds is 5. The number of halogens is 1. The van der Waals surface area contributed by atoms with Gasteiger partial charge in [-0.15, -0.1) is 4.40 Å². The van der Waals surface area contributed by atoms with Crippen molar-refractivity contribution in [2.24, 2.45) is 4.40 Å². The van der Waals surface area contributed by atoms with E-state index >= 15 is 0 Å². The molecule has 1 N–H and O–H groups in total. The Morgan fingerprint density at radius 3 is 2.52 bits per heavy atom. The number of nitrogens with one attached hydrogen (secondary N) is 1. The third-order valence-electron chi connectivity index (χ3n) is 5.53. The van der Waals surface area contributed by atoms with Gasteiger partial charge in [0.15, 0.2) is 0 Å². The smallest absolute Gasteiger partial charge is 0.284 e. The lowest BCUT2D eigenvalue weighted by molar-refractivity contribution is -0.118. The summed E-state index contributed by atoms with van der Waals surface area (Å²) < 4.78 is 42.5. The molecular weight excluding hydrogens is 393 g/mol. The fourth-order valence-electron chi connectivity index (χ4n) is 3.63. The molecule has 29 heavy (non-hydrogen) atoms. The first-order valence-electron chi connectivity index (χ1n) is 9.53. The summed E-state index contributed by atoms with van der Waals surface area (Å²) in [5.41, 5.74) is 0.468. The Kier molecular flexibility index (Phi) is 4.90. The van der Waals surface area contributed by atoms with E-state index in [1.165, 1.54) is 24.3 Å². The van der Waals surface area contributed by atoms with E-state index in [1.807, 2.05) is 11.9 Å². The molecular formula is C21H22FN3O3S. The van der Waals surface area contributed by atoms with Gasteiger partial charge in [0, 0.05) is 25.7 Å².